The van der Waals surface area contributed by atoms with Gasteiger partial charge in [-0.3, -0.25) is 0 Å². The number of hydrogen-bond acceptors (Lipinski definition) is 1. The molecule has 0 fully saturated rings. The average molecular weight is 230 g/mol. The van der Waals surface area contributed by atoms with Crippen LogP contribution in [0.3, 0.4) is 0 Å². The zero-order valence-electron chi connectivity index (χ0n) is 8.83. The molecule has 0 aromatic heterocycles. The van der Waals surface area contributed by atoms with Crippen molar-refractivity contribution in [1.82, 2.24) is 0 Å². The highest BCUT2D eigenvalue weighted by Gasteiger charge is 2.11. The van der Waals surface area contributed by atoms with Gasteiger partial charge in [-0.05, 0) is 35.7 Å². The molecule has 0 atom stereocenters. The summed E-state index contributed by atoms with van der Waals surface area (Å²) < 4.78 is 0. The van der Waals surface area contributed by atoms with Crippen LogP contribution in [0.2, 0.25) is 5.02 Å². The largest absolute Gasteiger partial charge is 0.384 e. The summed E-state index contributed by atoms with van der Waals surface area (Å²) in [5, 5.41) is 4.17. The maximum Gasteiger partial charge on any atom is 0.0484 e. The molecule has 1 N–H and O–H groups in total. The molecule has 80 valence electrons. The molecule has 0 radical (unpaired) electrons. The Labute approximate surface area is 100 Å². The normalized spacial score (nSPS) is 13.3. The molecule has 1 heterocycles. The Balaban J connectivity index is 2.11. The van der Waals surface area contributed by atoms with E-state index in [9.17, 15) is 0 Å². The summed E-state index contributed by atoms with van der Waals surface area (Å²) in [5.74, 6) is 0. The molecule has 0 spiro atoms. The number of anilines is 1. The van der Waals surface area contributed by atoms with Gasteiger partial charge in [0.25, 0.3) is 0 Å². The Kier molecular flexibility index (Phi) is 2.33. The minimum atomic E-state index is 0.813. The lowest BCUT2D eigenvalue weighted by molar-refractivity contribution is 1.11. The van der Waals surface area contributed by atoms with Crippen molar-refractivity contribution in [1.29, 1.82) is 0 Å². The third-order valence-electron chi connectivity index (χ3n) is 3.00. The van der Waals surface area contributed by atoms with Crippen LogP contribution in [-0.4, -0.2) is 6.54 Å². The van der Waals surface area contributed by atoms with E-state index in [1.165, 1.54) is 16.8 Å². The molecule has 1 nitrogen and oxygen atoms in total. The first-order valence-corrected chi connectivity index (χ1v) is 5.84. The van der Waals surface area contributed by atoms with Crippen molar-refractivity contribution < 1.29 is 0 Å². The smallest absolute Gasteiger partial charge is 0.0484 e. The van der Waals surface area contributed by atoms with E-state index >= 15 is 0 Å². The van der Waals surface area contributed by atoms with Gasteiger partial charge in [-0.1, -0.05) is 35.9 Å². The summed E-state index contributed by atoms with van der Waals surface area (Å²) in [7, 11) is 0. The summed E-state index contributed by atoms with van der Waals surface area (Å²) in [6, 6.07) is 14.5. The highest BCUT2D eigenvalue weighted by molar-refractivity contribution is 6.33. The summed E-state index contributed by atoms with van der Waals surface area (Å²) >= 11 is 6.19. The zero-order chi connectivity index (χ0) is 11.0. The van der Waals surface area contributed by atoms with Crippen molar-refractivity contribution >= 4 is 17.3 Å². The van der Waals surface area contributed by atoms with Crippen LogP contribution in [0.1, 0.15) is 5.56 Å². The number of halogens is 1. The van der Waals surface area contributed by atoms with Crippen molar-refractivity contribution in [3.8, 4) is 11.1 Å². The SMILES string of the molecule is Clc1ccccc1-c1ccc2c(c1)CCN2. The van der Waals surface area contributed by atoms with Crippen molar-refractivity contribution in [2.45, 2.75) is 6.42 Å². The third kappa shape index (κ3) is 1.57. The number of hydrogen-bond donors (Lipinski definition) is 1. The maximum atomic E-state index is 6.19. The van der Waals surface area contributed by atoms with Gasteiger partial charge in [0.15, 0.2) is 0 Å². The second-order valence-electron chi connectivity index (χ2n) is 4.03. The van der Waals surface area contributed by atoms with Crippen molar-refractivity contribution in [2.24, 2.45) is 0 Å². The molecule has 0 saturated carbocycles. The third-order valence-corrected chi connectivity index (χ3v) is 3.33. The number of nitrogens with one attached hydrogen (secondary N) is 1. The van der Waals surface area contributed by atoms with Crippen LogP contribution in [0.15, 0.2) is 42.5 Å². The fourth-order valence-electron chi connectivity index (χ4n) is 2.17. The molecule has 2 aromatic rings. The topological polar surface area (TPSA) is 12.0 Å². The van der Waals surface area contributed by atoms with Crippen molar-refractivity contribution in [3.05, 3.63) is 53.1 Å². The predicted octanol–water partition coefficient (Wildman–Crippen LogP) is 3.98. The van der Waals surface area contributed by atoms with Gasteiger partial charge in [0.1, 0.15) is 0 Å². The van der Waals surface area contributed by atoms with Crippen LogP contribution in [0.5, 0.6) is 0 Å². The Morgan fingerprint density at radius 2 is 1.94 bits per heavy atom. The average Bonchev–Trinajstić information content (AvgIpc) is 2.76. The van der Waals surface area contributed by atoms with Crippen molar-refractivity contribution in [2.75, 3.05) is 11.9 Å². The van der Waals surface area contributed by atoms with Crippen LogP contribution >= 0.6 is 11.6 Å². The van der Waals surface area contributed by atoms with E-state index < -0.39 is 0 Å². The molecule has 1 aliphatic heterocycles. The molecule has 3 rings (SSSR count). The molecule has 0 amide bonds. The maximum absolute atomic E-state index is 6.19. The van der Waals surface area contributed by atoms with Crippen LogP contribution in [0.25, 0.3) is 11.1 Å². The van der Waals surface area contributed by atoms with E-state index in [-0.39, 0.29) is 0 Å². The lowest BCUT2D eigenvalue weighted by atomic mass is 10.0. The quantitative estimate of drug-likeness (QED) is 0.780. The molecule has 1 aliphatic rings. The van der Waals surface area contributed by atoms with E-state index in [4.69, 9.17) is 11.6 Å². The number of benzene rings is 2. The van der Waals surface area contributed by atoms with Gasteiger partial charge in [0.2, 0.25) is 0 Å². The van der Waals surface area contributed by atoms with E-state index in [0.717, 1.165) is 23.6 Å². The van der Waals surface area contributed by atoms with Crippen LogP contribution in [0, 0.1) is 0 Å². The molecule has 0 bridgehead atoms. The number of fused-ring (bicyclic) bond motifs is 1. The second kappa shape index (κ2) is 3.84. The van der Waals surface area contributed by atoms with Gasteiger partial charge < -0.3 is 5.32 Å². The second-order valence-corrected chi connectivity index (χ2v) is 4.44. The number of rotatable bonds is 1. The van der Waals surface area contributed by atoms with Crippen molar-refractivity contribution in [3.63, 3.8) is 0 Å². The summed E-state index contributed by atoms with van der Waals surface area (Å²) in [6.07, 6.45) is 1.10. The molecule has 0 saturated heterocycles. The van der Waals surface area contributed by atoms with Gasteiger partial charge in [-0.2, -0.15) is 0 Å². The fourth-order valence-corrected chi connectivity index (χ4v) is 2.41. The predicted molar refractivity (Wildman–Crippen MR) is 69.1 cm³/mol. The first-order valence-electron chi connectivity index (χ1n) is 5.46. The molecule has 0 unspecified atom stereocenters. The molecule has 16 heavy (non-hydrogen) atoms. The van der Waals surface area contributed by atoms with Crippen LogP contribution < -0.4 is 5.32 Å². The highest BCUT2D eigenvalue weighted by Crippen LogP contribution is 2.32. The molecular weight excluding hydrogens is 218 g/mol. The first-order chi connectivity index (χ1) is 7.84. The molecule has 0 aliphatic carbocycles. The van der Waals surface area contributed by atoms with E-state index in [2.05, 4.69) is 29.6 Å². The zero-order valence-corrected chi connectivity index (χ0v) is 9.59. The lowest BCUT2D eigenvalue weighted by Gasteiger charge is -2.06. The monoisotopic (exact) mass is 229 g/mol. The highest BCUT2D eigenvalue weighted by atomic mass is 35.5. The molecule has 2 heteroatoms. The van der Waals surface area contributed by atoms with E-state index in [1.807, 2.05) is 18.2 Å². The Hall–Kier alpha value is -1.47. The standard InChI is InChI=1S/C14H12ClN/c15-13-4-2-1-3-12(13)10-5-6-14-11(9-10)7-8-16-14/h1-6,9,16H,7-8H2. The lowest BCUT2D eigenvalue weighted by Crippen LogP contribution is -1.90. The minimum Gasteiger partial charge on any atom is -0.384 e. The molecule has 2 aromatic carbocycles. The minimum absolute atomic E-state index is 0.813. The first kappa shape index (κ1) is 9.73. The van der Waals surface area contributed by atoms with Gasteiger partial charge in [-0.25, -0.2) is 0 Å². The van der Waals surface area contributed by atoms with Crippen LogP contribution in [-0.2, 0) is 6.42 Å². The fraction of sp³-hybridized carbons (Fsp3) is 0.143. The summed E-state index contributed by atoms with van der Waals surface area (Å²) in [6.45, 7) is 1.04. The summed E-state index contributed by atoms with van der Waals surface area (Å²) in [5.41, 5.74) is 4.96. The Morgan fingerprint density at radius 1 is 1.06 bits per heavy atom. The Bertz CT molecular complexity index is 534. The van der Waals surface area contributed by atoms with E-state index in [0.29, 0.717) is 0 Å². The van der Waals surface area contributed by atoms with E-state index in [1.54, 1.807) is 0 Å². The summed E-state index contributed by atoms with van der Waals surface area (Å²) in [4.78, 5) is 0. The van der Waals surface area contributed by atoms with Crippen LogP contribution in [0.4, 0.5) is 5.69 Å². The molecular formula is C14H12ClN. The van der Waals surface area contributed by atoms with Gasteiger partial charge >= 0.3 is 0 Å². The Morgan fingerprint density at radius 3 is 2.81 bits per heavy atom. The van der Waals surface area contributed by atoms with Gasteiger partial charge in [0.05, 0.1) is 0 Å². The van der Waals surface area contributed by atoms with Gasteiger partial charge in [0, 0.05) is 22.8 Å². The van der Waals surface area contributed by atoms with Gasteiger partial charge in [-0.15, -0.1) is 0 Å².